The van der Waals surface area contributed by atoms with Crippen molar-refractivity contribution in [1.82, 2.24) is 0 Å². The molecule has 0 aliphatic heterocycles. The van der Waals surface area contributed by atoms with Gasteiger partial charge in [0, 0.05) is 28.3 Å². The third-order valence-electron chi connectivity index (χ3n) is 2.97. The normalized spacial score (nSPS) is 14.6. The molecule has 0 aromatic heterocycles. The van der Waals surface area contributed by atoms with Gasteiger partial charge < -0.3 is 10.5 Å². The third-order valence-corrected chi connectivity index (χ3v) is 4.39. The van der Waals surface area contributed by atoms with Crippen molar-refractivity contribution in [3.8, 4) is 5.75 Å². The molecule has 0 bridgehead atoms. The van der Waals surface area contributed by atoms with Gasteiger partial charge in [-0.1, -0.05) is 26.0 Å². The van der Waals surface area contributed by atoms with Crippen LogP contribution in [0.1, 0.15) is 45.7 Å². The first-order chi connectivity index (χ1) is 9.38. The molecule has 1 rings (SSSR count). The Bertz CT molecular complexity index is 415. The quantitative estimate of drug-likeness (QED) is 0.801. The summed E-state index contributed by atoms with van der Waals surface area (Å²) in [7, 11) is -0.842. The van der Waals surface area contributed by atoms with Gasteiger partial charge in [0.2, 0.25) is 0 Å². The van der Waals surface area contributed by atoms with Crippen molar-refractivity contribution < 1.29 is 8.95 Å². The minimum absolute atomic E-state index is 0.165. The van der Waals surface area contributed by atoms with Crippen molar-refractivity contribution in [3.63, 3.8) is 0 Å². The lowest BCUT2D eigenvalue weighted by Crippen LogP contribution is -2.20. The summed E-state index contributed by atoms with van der Waals surface area (Å²) in [6.45, 7) is 8.28. The summed E-state index contributed by atoms with van der Waals surface area (Å²) in [5.74, 6) is 2.69. The largest absolute Gasteiger partial charge is 0.491 e. The standard InChI is InChI=1S/C16H27NO2S/c1-12(2)9-10-20(18)11-16(17)14-5-7-15(8-6-14)19-13(3)4/h5-8,12-13,16H,9-11,17H2,1-4H3. The van der Waals surface area contributed by atoms with Crippen molar-refractivity contribution in [1.29, 1.82) is 0 Å². The highest BCUT2D eigenvalue weighted by Crippen LogP contribution is 2.18. The van der Waals surface area contributed by atoms with Crippen LogP contribution in [0.25, 0.3) is 0 Å². The van der Waals surface area contributed by atoms with E-state index in [-0.39, 0.29) is 12.1 Å². The second-order valence-electron chi connectivity index (χ2n) is 5.84. The molecule has 1 aromatic carbocycles. The van der Waals surface area contributed by atoms with Gasteiger partial charge in [-0.3, -0.25) is 4.21 Å². The van der Waals surface area contributed by atoms with E-state index in [0.29, 0.717) is 11.7 Å². The highest BCUT2D eigenvalue weighted by Gasteiger charge is 2.11. The van der Waals surface area contributed by atoms with Crippen LogP contribution in [0.15, 0.2) is 24.3 Å². The Morgan fingerprint density at radius 1 is 1.15 bits per heavy atom. The van der Waals surface area contributed by atoms with Crippen LogP contribution < -0.4 is 10.5 Å². The number of benzene rings is 1. The predicted molar refractivity (Wildman–Crippen MR) is 86.5 cm³/mol. The molecule has 0 fully saturated rings. The van der Waals surface area contributed by atoms with Gasteiger partial charge >= 0.3 is 0 Å². The maximum Gasteiger partial charge on any atom is 0.119 e. The van der Waals surface area contributed by atoms with E-state index < -0.39 is 10.8 Å². The van der Waals surface area contributed by atoms with Crippen LogP contribution in [0, 0.1) is 5.92 Å². The molecule has 0 saturated heterocycles. The molecule has 2 N–H and O–H groups in total. The maximum atomic E-state index is 12.0. The number of hydrogen-bond donors (Lipinski definition) is 1. The fourth-order valence-corrected chi connectivity index (χ4v) is 3.31. The Morgan fingerprint density at radius 3 is 2.25 bits per heavy atom. The first-order valence-corrected chi connectivity index (χ1v) is 8.74. The summed E-state index contributed by atoms with van der Waals surface area (Å²) in [6, 6.07) is 7.60. The molecule has 0 amide bonds. The molecule has 2 atom stereocenters. The molecule has 1 aromatic rings. The van der Waals surface area contributed by atoms with E-state index >= 15 is 0 Å². The predicted octanol–water partition coefficient (Wildman–Crippen LogP) is 3.27. The van der Waals surface area contributed by atoms with E-state index in [1.165, 1.54) is 0 Å². The van der Waals surface area contributed by atoms with Gasteiger partial charge in [-0.15, -0.1) is 0 Å². The molecule has 0 aliphatic rings. The number of nitrogens with two attached hydrogens (primary N) is 1. The van der Waals surface area contributed by atoms with Crippen LogP contribution >= 0.6 is 0 Å². The van der Waals surface area contributed by atoms with Gasteiger partial charge in [-0.05, 0) is 43.9 Å². The van der Waals surface area contributed by atoms with E-state index in [1.807, 2.05) is 38.1 Å². The summed E-state index contributed by atoms with van der Waals surface area (Å²) in [6.07, 6.45) is 1.15. The average molecular weight is 297 g/mol. The topological polar surface area (TPSA) is 52.3 Å². The summed E-state index contributed by atoms with van der Waals surface area (Å²) in [5.41, 5.74) is 7.13. The lowest BCUT2D eigenvalue weighted by molar-refractivity contribution is 0.242. The van der Waals surface area contributed by atoms with Gasteiger partial charge in [0.25, 0.3) is 0 Å². The highest BCUT2D eigenvalue weighted by molar-refractivity contribution is 7.85. The summed E-state index contributed by atoms with van der Waals surface area (Å²) >= 11 is 0. The van der Waals surface area contributed by atoms with Crippen LogP contribution in [-0.2, 0) is 10.8 Å². The lowest BCUT2D eigenvalue weighted by Gasteiger charge is -2.14. The molecule has 0 radical (unpaired) electrons. The lowest BCUT2D eigenvalue weighted by atomic mass is 10.1. The van der Waals surface area contributed by atoms with Crippen molar-refractivity contribution >= 4 is 10.8 Å². The van der Waals surface area contributed by atoms with Gasteiger partial charge in [-0.2, -0.15) is 0 Å². The van der Waals surface area contributed by atoms with Crippen LogP contribution in [0.5, 0.6) is 5.75 Å². The van der Waals surface area contributed by atoms with Gasteiger partial charge in [-0.25, -0.2) is 0 Å². The molecule has 4 heteroatoms. The Kier molecular flexibility index (Phi) is 7.24. The zero-order chi connectivity index (χ0) is 15.1. The van der Waals surface area contributed by atoms with Crippen molar-refractivity contribution in [3.05, 3.63) is 29.8 Å². The summed E-state index contributed by atoms with van der Waals surface area (Å²) in [5, 5.41) is 0. The highest BCUT2D eigenvalue weighted by atomic mass is 32.2. The van der Waals surface area contributed by atoms with Crippen molar-refractivity contribution in [2.24, 2.45) is 11.7 Å². The summed E-state index contributed by atoms with van der Waals surface area (Å²) < 4.78 is 17.5. The molecule has 114 valence electrons. The van der Waals surface area contributed by atoms with Gasteiger partial charge in [0.15, 0.2) is 0 Å². The fourth-order valence-electron chi connectivity index (χ4n) is 1.81. The molecular weight excluding hydrogens is 270 g/mol. The third kappa shape index (κ3) is 6.53. The Morgan fingerprint density at radius 2 is 1.75 bits per heavy atom. The fraction of sp³-hybridized carbons (Fsp3) is 0.625. The van der Waals surface area contributed by atoms with E-state index in [0.717, 1.165) is 23.5 Å². The smallest absolute Gasteiger partial charge is 0.119 e. The maximum absolute atomic E-state index is 12.0. The Hall–Kier alpha value is -0.870. The molecule has 20 heavy (non-hydrogen) atoms. The van der Waals surface area contributed by atoms with E-state index in [9.17, 15) is 4.21 Å². The molecule has 0 aliphatic carbocycles. The zero-order valence-corrected chi connectivity index (χ0v) is 13.8. The zero-order valence-electron chi connectivity index (χ0n) is 13.0. The Balaban J connectivity index is 2.50. The van der Waals surface area contributed by atoms with E-state index in [4.69, 9.17) is 10.5 Å². The first kappa shape index (κ1) is 17.2. The molecule has 2 unspecified atom stereocenters. The summed E-state index contributed by atoms with van der Waals surface area (Å²) in [4.78, 5) is 0. The monoisotopic (exact) mass is 297 g/mol. The average Bonchev–Trinajstić information content (AvgIpc) is 2.36. The molecule has 3 nitrogen and oxygen atoms in total. The SMILES string of the molecule is CC(C)CCS(=O)CC(N)c1ccc(OC(C)C)cc1. The van der Waals surface area contributed by atoms with Gasteiger partial charge in [0.1, 0.15) is 5.75 Å². The first-order valence-electron chi connectivity index (χ1n) is 7.25. The molecule has 0 spiro atoms. The van der Waals surface area contributed by atoms with Crippen molar-refractivity contribution in [2.45, 2.75) is 46.3 Å². The van der Waals surface area contributed by atoms with E-state index in [1.54, 1.807) is 0 Å². The van der Waals surface area contributed by atoms with Crippen LogP contribution in [-0.4, -0.2) is 21.8 Å². The minimum atomic E-state index is -0.842. The second kappa shape index (κ2) is 8.42. The molecule has 0 saturated carbocycles. The number of hydrogen-bond acceptors (Lipinski definition) is 3. The number of ether oxygens (including phenoxy) is 1. The van der Waals surface area contributed by atoms with Crippen LogP contribution in [0.4, 0.5) is 0 Å². The molecular formula is C16H27NO2S. The minimum Gasteiger partial charge on any atom is -0.491 e. The number of rotatable bonds is 8. The van der Waals surface area contributed by atoms with Crippen LogP contribution in [0.3, 0.4) is 0 Å². The van der Waals surface area contributed by atoms with Crippen LogP contribution in [0.2, 0.25) is 0 Å². The van der Waals surface area contributed by atoms with Crippen molar-refractivity contribution in [2.75, 3.05) is 11.5 Å². The molecule has 0 heterocycles. The van der Waals surface area contributed by atoms with E-state index in [2.05, 4.69) is 13.8 Å². The van der Waals surface area contributed by atoms with Gasteiger partial charge in [0.05, 0.1) is 6.10 Å². The second-order valence-corrected chi connectivity index (χ2v) is 7.46. The Labute approximate surface area is 125 Å².